The second-order valence-corrected chi connectivity index (χ2v) is 6.92. The number of hydrogen-bond acceptors (Lipinski definition) is 5. The molecule has 3 rings (SSSR count). The van der Waals surface area contributed by atoms with E-state index < -0.39 is 4.92 Å². The van der Waals surface area contributed by atoms with Gasteiger partial charge in [0.2, 0.25) is 5.91 Å². The van der Waals surface area contributed by atoms with Gasteiger partial charge in [0.1, 0.15) is 10.0 Å². The van der Waals surface area contributed by atoms with Gasteiger partial charge in [-0.15, -0.1) is 11.3 Å². The van der Waals surface area contributed by atoms with E-state index in [1.807, 2.05) is 36.6 Å². The van der Waals surface area contributed by atoms with Gasteiger partial charge >= 0.3 is 0 Å². The fourth-order valence-corrected chi connectivity index (χ4v) is 3.33. The van der Waals surface area contributed by atoms with Crippen LogP contribution < -0.4 is 5.32 Å². The minimum Gasteiger partial charge on any atom is -0.325 e. The van der Waals surface area contributed by atoms with E-state index in [0.717, 1.165) is 10.6 Å². The lowest BCUT2D eigenvalue weighted by atomic mass is 10.2. The van der Waals surface area contributed by atoms with E-state index in [0.29, 0.717) is 11.4 Å². The van der Waals surface area contributed by atoms with Crippen molar-refractivity contribution in [3.05, 3.63) is 74.2 Å². The molecule has 26 heavy (non-hydrogen) atoms. The van der Waals surface area contributed by atoms with E-state index in [1.165, 1.54) is 35.1 Å². The van der Waals surface area contributed by atoms with Gasteiger partial charge < -0.3 is 5.32 Å². The van der Waals surface area contributed by atoms with E-state index in [4.69, 9.17) is 11.6 Å². The Hall–Kier alpha value is -2.77. The van der Waals surface area contributed by atoms with E-state index in [2.05, 4.69) is 10.3 Å². The monoisotopic (exact) mass is 387 g/mol. The van der Waals surface area contributed by atoms with Crippen molar-refractivity contribution in [3.8, 4) is 10.6 Å². The lowest BCUT2D eigenvalue weighted by Gasteiger charge is -2.04. The van der Waals surface area contributed by atoms with Crippen LogP contribution in [0, 0.1) is 17.0 Å². The summed E-state index contributed by atoms with van der Waals surface area (Å²) in [4.78, 5) is 27.0. The summed E-state index contributed by atoms with van der Waals surface area (Å²) in [5, 5.41) is 16.2. The van der Waals surface area contributed by atoms with Gasteiger partial charge in [-0.25, -0.2) is 4.98 Å². The molecule has 2 aromatic carbocycles. The van der Waals surface area contributed by atoms with E-state index in [-0.39, 0.29) is 23.0 Å². The highest BCUT2D eigenvalue weighted by atomic mass is 35.5. The summed E-state index contributed by atoms with van der Waals surface area (Å²) in [6.07, 6.45) is 0.0821. The fraction of sp³-hybridized carbons (Fsp3) is 0.111. The average Bonchev–Trinajstić information content (AvgIpc) is 3.05. The highest BCUT2D eigenvalue weighted by Gasteiger charge is 2.15. The summed E-state index contributed by atoms with van der Waals surface area (Å²) in [5.74, 6) is -0.303. The molecule has 0 radical (unpaired) electrons. The van der Waals surface area contributed by atoms with Crippen LogP contribution in [0.3, 0.4) is 0 Å². The molecular weight excluding hydrogens is 374 g/mol. The third-order valence-electron chi connectivity index (χ3n) is 3.62. The lowest BCUT2D eigenvalue weighted by molar-refractivity contribution is -0.384. The second kappa shape index (κ2) is 7.63. The van der Waals surface area contributed by atoms with Crippen molar-refractivity contribution >= 4 is 40.2 Å². The number of hydrogen-bond donors (Lipinski definition) is 1. The number of carbonyl (C=O) groups is 1. The van der Waals surface area contributed by atoms with Crippen molar-refractivity contribution in [2.75, 3.05) is 5.32 Å². The minimum atomic E-state index is -0.591. The van der Waals surface area contributed by atoms with Crippen LogP contribution in [-0.2, 0) is 11.2 Å². The minimum absolute atomic E-state index is 0.0234. The molecule has 0 fully saturated rings. The molecule has 0 bridgehead atoms. The molecule has 6 nitrogen and oxygen atoms in total. The van der Waals surface area contributed by atoms with Crippen LogP contribution in [0.25, 0.3) is 10.6 Å². The highest BCUT2D eigenvalue weighted by molar-refractivity contribution is 7.13. The van der Waals surface area contributed by atoms with Gasteiger partial charge in [-0.05, 0) is 19.1 Å². The first-order chi connectivity index (χ1) is 12.4. The number of rotatable bonds is 5. The molecule has 0 saturated heterocycles. The highest BCUT2D eigenvalue weighted by Crippen LogP contribution is 2.28. The molecule has 0 atom stereocenters. The van der Waals surface area contributed by atoms with Crippen molar-refractivity contribution < 1.29 is 9.72 Å². The predicted octanol–water partition coefficient (Wildman–Crippen LogP) is 4.86. The Bertz CT molecular complexity index is 970. The summed E-state index contributed by atoms with van der Waals surface area (Å²) in [6.45, 7) is 2.02. The Morgan fingerprint density at radius 3 is 2.69 bits per heavy atom. The second-order valence-electron chi connectivity index (χ2n) is 5.66. The lowest BCUT2D eigenvalue weighted by Crippen LogP contribution is -2.14. The zero-order chi connectivity index (χ0) is 18.7. The van der Waals surface area contributed by atoms with E-state index >= 15 is 0 Å². The number of amides is 1. The number of anilines is 1. The molecule has 3 aromatic rings. The van der Waals surface area contributed by atoms with Crippen LogP contribution in [-0.4, -0.2) is 15.8 Å². The third kappa shape index (κ3) is 4.25. The first-order valence-corrected chi connectivity index (χ1v) is 8.93. The summed E-state index contributed by atoms with van der Waals surface area (Å²) >= 11 is 7.23. The Morgan fingerprint density at radius 1 is 1.27 bits per heavy atom. The van der Waals surface area contributed by atoms with Crippen LogP contribution in [0.2, 0.25) is 5.02 Å². The predicted molar refractivity (Wildman–Crippen MR) is 103 cm³/mol. The molecule has 1 N–H and O–H groups in total. The SMILES string of the molecule is Cc1ccc(-c2nc(CC(=O)Nc3ccc(Cl)c([N+](=O)[O-])c3)cs2)cc1. The third-order valence-corrected chi connectivity index (χ3v) is 4.88. The van der Waals surface area contributed by atoms with E-state index in [1.54, 1.807) is 0 Å². The average molecular weight is 388 g/mol. The standard InChI is InChI=1S/C18H14ClN3O3S/c1-11-2-4-12(5-3-11)18-21-14(10-26-18)9-17(23)20-13-6-7-15(19)16(8-13)22(24)25/h2-8,10H,9H2,1H3,(H,20,23). The largest absolute Gasteiger partial charge is 0.325 e. The Morgan fingerprint density at radius 2 is 2.00 bits per heavy atom. The maximum Gasteiger partial charge on any atom is 0.289 e. The van der Waals surface area contributed by atoms with Crippen LogP contribution >= 0.6 is 22.9 Å². The normalized spacial score (nSPS) is 10.5. The number of halogens is 1. The van der Waals surface area contributed by atoms with Gasteiger partial charge in [-0.1, -0.05) is 41.4 Å². The molecule has 0 saturated carbocycles. The summed E-state index contributed by atoms with van der Waals surface area (Å²) in [5.41, 5.74) is 2.88. The quantitative estimate of drug-likeness (QED) is 0.500. The van der Waals surface area contributed by atoms with Crippen LogP contribution in [0.4, 0.5) is 11.4 Å². The topological polar surface area (TPSA) is 85.1 Å². The van der Waals surface area contributed by atoms with Gasteiger partial charge in [-0.2, -0.15) is 0 Å². The number of aryl methyl sites for hydroxylation is 1. The molecule has 8 heteroatoms. The van der Waals surface area contributed by atoms with Gasteiger partial charge in [0.15, 0.2) is 0 Å². The smallest absolute Gasteiger partial charge is 0.289 e. The first-order valence-electron chi connectivity index (χ1n) is 7.67. The maximum atomic E-state index is 12.2. The van der Waals surface area contributed by atoms with Crippen molar-refractivity contribution in [1.82, 2.24) is 4.98 Å². The molecule has 1 heterocycles. The van der Waals surface area contributed by atoms with Crippen molar-refractivity contribution in [2.24, 2.45) is 0 Å². The number of nitrogens with one attached hydrogen (secondary N) is 1. The Kier molecular flexibility index (Phi) is 5.29. The number of nitrogens with zero attached hydrogens (tertiary/aromatic N) is 2. The molecule has 0 aliphatic carbocycles. The number of carbonyl (C=O) groups excluding carboxylic acids is 1. The number of thiazole rings is 1. The summed E-state index contributed by atoms with van der Waals surface area (Å²) in [7, 11) is 0. The fourth-order valence-electron chi connectivity index (χ4n) is 2.32. The summed E-state index contributed by atoms with van der Waals surface area (Å²) < 4.78 is 0. The van der Waals surface area contributed by atoms with Gasteiger partial charge in [0.05, 0.1) is 17.0 Å². The van der Waals surface area contributed by atoms with Crippen molar-refractivity contribution in [3.63, 3.8) is 0 Å². The molecule has 0 spiro atoms. The Balaban J connectivity index is 1.68. The molecule has 0 unspecified atom stereocenters. The van der Waals surface area contributed by atoms with Crippen LogP contribution in [0.5, 0.6) is 0 Å². The first kappa shape index (κ1) is 18.0. The van der Waals surface area contributed by atoms with Crippen molar-refractivity contribution in [1.29, 1.82) is 0 Å². The number of benzene rings is 2. The van der Waals surface area contributed by atoms with E-state index in [9.17, 15) is 14.9 Å². The number of nitro groups is 1. The molecule has 0 aliphatic heterocycles. The van der Waals surface area contributed by atoms with Crippen LogP contribution in [0.15, 0.2) is 47.8 Å². The van der Waals surface area contributed by atoms with Gasteiger partial charge in [0, 0.05) is 22.7 Å². The van der Waals surface area contributed by atoms with Crippen molar-refractivity contribution in [2.45, 2.75) is 13.3 Å². The summed E-state index contributed by atoms with van der Waals surface area (Å²) in [6, 6.07) is 12.1. The molecule has 0 aliphatic rings. The maximum absolute atomic E-state index is 12.2. The molecular formula is C18H14ClN3O3S. The number of nitro benzene ring substituents is 1. The van der Waals surface area contributed by atoms with Gasteiger partial charge in [-0.3, -0.25) is 14.9 Å². The van der Waals surface area contributed by atoms with Gasteiger partial charge in [0.25, 0.3) is 5.69 Å². The molecule has 1 aromatic heterocycles. The zero-order valence-electron chi connectivity index (χ0n) is 13.7. The molecule has 1 amide bonds. The molecule has 132 valence electrons. The zero-order valence-corrected chi connectivity index (χ0v) is 15.3. The van der Waals surface area contributed by atoms with Crippen LogP contribution in [0.1, 0.15) is 11.3 Å². The number of aromatic nitrogens is 1. The Labute approximate surface area is 158 Å².